The molecule has 0 aliphatic rings. The number of anilines is 1. The third-order valence-electron chi connectivity index (χ3n) is 1.64. The van der Waals surface area contributed by atoms with Crippen LogP contribution in [0.15, 0.2) is 12.1 Å². The average molecular weight is 225 g/mol. The van der Waals surface area contributed by atoms with Crippen LogP contribution in [-0.2, 0) is 6.61 Å². The third-order valence-corrected chi connectivity index (χ3v) is 1.64. The summed E-state index contributed by atoms with van der Waals surface area (Å²) in [5.41, 5.74) is 4.15. The summed E-state index contributed by atoms with van der Waals surface area (Å²) in [5, 5.41) is 8.73. The van der Waals surface area contributed by atoms with E-state index in [1.54, 1.807) is 0 Å². The number of hydrogen-bond acceptors (Lipinski definition) is 3. The van der Waals surface area contributed by atoms with Crippen molar-refractivity contribution in [3.63, 3.8) is 0 Å². The van der Waals surface area contributed by atoms with Crippen LogP contribution in [0.2, 0.25) is 0 Å². The fourth-order valence-corrected chi connectivity index (χ4v) is 0.999. The molecule has 0 atom stereocenters. The average Bonchev–Trinajstić information content (AvgIpc) is 2.10. The van der Waals surface area contributed by atoms with E-state index >= 15 is 0 Å². The lowest BCUT2D eigenvalue weighted by molar-refractivity contribution is -0.275. The van der Waals surface area contributed by atoms with Gasteiger partial charge in [0, 0.05) is 5.56 Å². The van der Waals surface area contributed by atoms with E-state index in [0.29, 0.717) is 0 Å². The summed E-state index contributed by atoms with van der Waals surface area (Å²) < 4.78 is 51.9. The van der Waals surface area contributed by atoms with Gasteiger partial charge in [-0.2, -0.15) is 0 Å². The quantitative estimate of drug-likeness (QED) is 0.596. The number of alkyl halides is 3. The zero-order chi connectivity index (χ0) is 11.6. The first-order valence-corrected chi connectivity index (χ1v) is 3.78. The minimum absolute atomic E-state index is 0.424. The molecular weight excluding hydrogens is 218 g/mol. The molecule has 0 saturated carbocycles. The van der Waals surface area contributed by atoms with Crippen molar-refractivity contribution in [1.82, 2.24) is 0 Å². The molecule has 0 aliphatic heterocycles. The minimum atomic E-state index is -4.91. The number of nitrogens with two attached hydrogens (primary N) is 1. The van der Waals surface area contributed by atoms with Crippen molar-refractivity contribution in [2.45, 2.75) is 13.0 Å². The van der Waals surface area contributed by atoms with E-state index < -0.39 is 35.8 Å². The summed E-state index contributed by atoms with van der Waals surface area (Å²) in [4.78, 5) is 0. The van der Waals surface area contributed by atoms with Crippen LogP contribution in [0.4, 0.5) is 23.2 Å². The first-order valence-electron chi connectivity index (χ1n) is 3.78. The molecule has 3 nitrogen and oxygen atoms in total. The molecule has 7 heteroatoms. The molecule has 0 aromatic heterocycles. The lowest BCUT2D eigenvalue weighted by Gasteiger charge is -2.13. The number of benzene rings is 1. The van der Waals surface area contributed by atoms with Gasteiger partial charge in [-0.25, -0.2) is 4.39 Å². The SMILES string of the molecule is Nc1c(F)ccc(OC(F)(F)F)c1CO. The maximum Gasteiger partial charge on any atom is 0.573 e. The summed E-state index contributed by atoms with van der Waals surface area (Å²) in [7, 11) is 0. The lowest BCUT2D eigenvalue weighted by Crippen LogP contribution is -2.18. The largest absolute Gasteiger partial charge is 0.573 e. The fourth-order valence-electron chi connectivity index (χ4n) is 0.999. The Morgan fingerprint density at radius 1 is 1.33 bits per heavy atom. The Labute approximate surface area is 82.1 Å². The summed E-state index contributed by atoms with van der Waals surface area (Å²) in [5.74, 6) is -1.61. The van der Waals surface area contributed by atoms with Crippen LogP contribution < -0.4 is 10.5 Å². The third kappa shape index (κ3) is 2.72. The summed E-state index contributed by atoms with van der Waals surface area (Å²) in [6.07, 6.45) is -4.91. The standard InChI is InChI=1S/C8H7F4NO2/c9-5-1-2-6(15-8(10,11)12)4(3-14)7(5)13/h1-2,14H,3,13H2. The summed E-state index contributed by atoms with van der Waals surface area (Å²) in [6, 6.07) is 1.49. The van der Waals surface area contributed by atoms with Gasteiger partial charge in [0.15, 0.2) is 0 Å². The normalized spacial score (nSPS) is 11.5. The van der Waals surface area contributed by atoms with E-state index in [-0.39, 0.29) is 0 Å². The van der Waals surface area contributed by atoms with Crippen LogP contribution in [-0.4, -0.2) is 11.5 Å². The molecular formula is C8H7F4NO2. The molecule has 0 spiro atoms. The number of ether oxygens (including phenoxy) is 1. The van der Waals surface area contributed by atoms with E-state index in [9.17, 15) is 17.6 Å². The van der Waals surface area contributed by atoms with Crippen molar-refractivity contribution >= 4 is 5.69 Å². The maximum absolute atomic E-state index is 12.8. The molecule has 0 saturated heterocycles. The van der Waals surface area contributed by atoms with Gasteiger partial charge in [0.05, 0.1) is 12.3 Å². The number of rotatable bonds is 2. The summed E-state index contributed by atoms with van der Waals surface area (Å²) >= 11 is 0. The van der Waals surface area contributed by atoms with E-state index in [1.807, 2.05) is 0 Å². The molecule has 84 valence electrons. The number of aliphatic hydroxyl groups is 1. The Morgan fingerprint density at radius 2 is 1.93 bits per heavy atom. The van der Waals surface area contributed by atoms with Gasteiger partial charge in [0.25, 0.3) is 0 Å². The Balaban J connectivity index is 3.14. The zero-order valence-corrected chi connectivity index (χ0v) is 7.31. The van der Waals surface area contributed by atoms with Crippen LogP contribution in [0, 0.1) is 5.82 Å². The molecule has 3 N–H and O–H groups in total. The number of hydrogen-bond donors (Lipinski definition) is 2. The molecule has 0 amide bonds. The van der Waals surface area contributed by atoms with Crippen molar-refractivity contribution in [3.05, 3.63) is 23.5 Å². The summed E-state index contributed by atoms with van der Waals surface area (Å²) in [6.45, 7) is -0.838. The number of aliphatic hydroxyl groups excluding tert-OH is 1. The second-order valence-corrected chi connectivity index (χ2v) is 2.64. The molecule has 0 unspecified atom stereocenters. The Kier molecular flexibility index (Phi) is 3.04. The molecule has 1 aromatic rings. The highest BCUT2D eigenvalue weighted by molar-refractivity contribution is 5.55. The van der Waals surface area contributed by atoms with Crippen LogP contribution in [0.3, 0.4) is 0 Å². The van der Waals surface area contributed by atoms with Crippen LogP contribution >= 0.6 is 0 Å². The lowest BCUT2D eigenvalue weighted by atomic mass is 10.1. The van der Waals surface area contributed by atoms with Gasteiger partial charge in [0.1, 0.15) is 11.6 Å². The van der Waals surface area contributed by atoms with Crippen molar-refractivity contribution in [1.29, 1.82) is 0 Å². The van der Waals surface area contributed by atoms with Gasteiger partial charge in [-0.05, 0) is 12.1 Å². The molecule has 0 heterocycles. The fraction of sp³-hybridized carbons (Fsp3) is 0.250. The highest BCUT2D eigenvalue weighted by atomic mass is 19.4. The van der Waals surface area contributed by atoms with E-state index in [4.69, 9.17) is 10.8 Å². The van der Waals surface area contributed by atoms with E-state index in [0.717, 1.165) is 12.1 Å². The van der Waals surface area contributed by atoms with Gasteiger partial charge < -0.3 is 15.6 Å². The molecule has 0 aliphatic carbocycles. The maximum atomic E-state index is 12.8. The van der Waals surface area contributed by atoms with Crippen molar-refractivity contribution in [2.24, 2.45) is 0 Å². The molecule has 0 radical (unpaired) electrons. The number of halogens is 4. The molecule has 1 aromatic carbocycles. The monoisotopic (exact) mass is 225 g/mol. The van der Waals surface area contributed by atoms with Gasteiger partial charge >= 0.3 is 6.36 Å². The van der Waals surface area contributed by atoms with Crippen molar-refractivity contribution in [3.8, 4) is 5.75 Å². The topological polar surface area (TPSA) is 55.5 Å². The van der Waals surface area contributed by atoms with Crippen molar-refractivity contribution < 1.29 is 27.4 Å². The highest BCUT2D eigenvalue weighted by Crippen LogP contribution is 2.31. The highest BCUT2D eigenvalue weighted by Gasteiger charge is 2.32. The van der Waals surface area contributed by atoms with E-state index in [1.165, 1.54) is 0 Å². The van der Waals surface area contributed by atoms with E-state index in [2.05, 4.69) is 4.74 Å². The van der Waals surface area contributed by atoms with Gasteiger partial charge in [-0.1, -0.05) is 0 Å². The van der Waals surface area contributed by atoms with Crippen LogP contribution in [0.5, 0.6) is 5.75 Å². The number of nitrogen functional groups attached to an aromatic ring is 1. The van der Waals surface area contributed by atoms with Gasteiger partial charge in [-0.15, -0.1) is 13.2 Å². The molecule has 1 rings (SSSR count). The van der Waals surface area contributed by atoms with Gasteiger partial charge in [-0.3, -0.25) is 0 Å². The van der Waals surface area contributed by atoms with Crippen LogP contribution in [0.25, 0.3) is 0 Å². The molecule has 0 fully saturated rings. The first-order chi connectivity index (χ1) is 6.85. The predicted molar refractivity (Wildman–Crippen MR) is 43.4 cm³/mol. The minimum Gasteiger partial charge on any atom is -0.405 e. The Bertz CT molecular complexity index is 364. The zero-order valence-electron chi connectivity index (χ0n) is 7.31. The Hall–Kier alpha value is -1.50. The molecule has 15 heavy (non-hydrogen) atoms. The second kappa shape index (κ2) is 3.93. The predicted octanol–water partition coefficient (Wildman–Crippen LogP) is 1.80. The van der Waals surface area contributed by atoms with Crippen molar-refractivity contribution in [2.75, 3.05) is 5.73 Å². The smallest absolute Gasteiger partial charge is 0.405 e. The van der Waals surface area contributed by atoms with Gasteiger partial charge in [0.2, 0.25) is 0 Å². The van der Waals surface area contributed by atoms with Crippen LogP contribution in [0.1, 0.15) is 5.56 Å². The first kappa shape index (κ1) is 11.6. The Morgan fingerprint density at radius 3 is 2.40 bits per heavy atom. The molecule has 0 bridgehead atoms. The second-order valence-electron chi connectivity index (χ2n) is 2.64.